The Morgan fingerprint density at radius 3 is 2.68 bits per heavy atom. The SMILES string of the molecule is CCOC(=O)c1ccc(NC(=O)CSc2nnnn2-c2ccc3c(c2)OCCO3)cc1. The van der Waals surface area contributed by atoms with Gasteiger partial charge in [-0.05, 0) is 53.7 Å². The Balaban J connectivity index is 1.36. The van der Waals surface area contributed by atoms with Gasteiger partial charge in [0.25, 0.3) is 0 Å². The number of tetrazole rings is 1. The molecule has 0 atom stereocenters. The lowest BCUT2D eigenvalue weighted by Gasteiger charge is -2.18. The van der Waals surface area contributed by atoms with Crippen molar-refractivity contribution in [1.29, 1.82) is 0 Å². The summed E-state index contributed by atoms with van der Waals surface area (Å²) in [7, 11) is 0. The first-order chi connectivity index (χ1) is 15.1. The summed E-state index contributed by atoms with van der Waals surface area (Å²) in [6.07, 6.45) is 0. The molecule has 0 saturated heterocycles. The second-order valence-electron chi connectivity index (χ2n) is 6.34. The van der Waals surface area contributed by atoms with Crippen LogP contribution >= 0.6 is 11.8 Å². The van der Waals surface area contributed by atoms with Gasteiger partial charge in [-0.1, -0.05) is 11.8 Å². The molecule has 10 nitrogen and oxygen atoms in total. The van der Waals surface area contributed by atoms with Gasteiger partial charge in [-0.25, -0.2) is 4.79 Å². The number of hydrogen-bond acceptors (Lipinski definition) is 9. The monoisotopic (exact) mass is 441 g/mol. The molecule has 4 rings (SSSR count). The van der Waals surface area contributed by atoms with Crippen LogP contribution in [0.2, 0.25) is 0 Å². The van der Waals surface area contributed by atoms with E-state index in [-0.39, 0.29) is 11.7 Å². The fourth-order valence-corrected chi connectivity index (χ4v) is 3.52. The summed E-state index contributed by atoms with van der Waals surface area (Å²) in [5, 5.41) is 14.9. The topological polar surface area (TPSA) is 117 Å². The molecule has 31 heavy (non-hydrogen) atoms. The minimum absolute atomic E-state index is 0.102. The summed E-state index contributed by atoms with van der Waals surface area (Å²) in [5.74, 6) is 0.766. The van der Waals surface area contributed by atoms with Gasteiger partial charge in [0.2, 0.25) is 11.1 Å². The van der Waals surface area contributed by atoms with Crippen LogP contribution in [0.5, 0.6) is 11.5 Å². The Labute approximate surface area is 181 Å². The number of fused-ring (bicyclic) bond motifs is 1. The van der Waals surface area contributed by atoms with E-state index in [0.29, 0.717) is 53.4 Å². The Hall–Kier alpha value is -3.60. The van der Waals surface area contributed by atoms with Crippen LogP contribution < -0.4 is 14.8 Å². The molecule has 2 aromatic carbocycles. The summed E-state index contributed by atoms with van der Waals surface area (Å²) in [4.78, 5) is 24.0. The van der Waals surface area contributed by atoms with Crippen LogP contribution in [0.25, 0.3) is 5.69 Å². The molecule has 11 heteroatoms. The van der Waals surface area contributed by atoms with Crippen molar-refractivity contribution in [3.8, 4) is 17.2 Å². The first-order valence-electron chi connectivity index (χ1n) is 9.52. The molecular formula is C20H19N5O5S. The number of hydrogen-bond donors (Lipinski definition) is 1. The zero-order valence-electron chi connectivity index (χ0n) is 16.6. The highest BCUT2D eigenvalue weighted by Crippen LogP contribution is 2.32. The summed E-state index contributed by atoms with van der Waals surface area (Å²) in [6, 6.07) is 11.9. The summed E-state index contributed by atoms with van der Waals surface area (Å²) in [6.45, 7) is 3.04. The maximum atomic E-state index is 12.3. The van der Waals surface area contributed by atoms with E-state index in [0.717, 1.165) is 0 Å². The average Bonchev–Trinajstić information content (AvgIpc) is 3.27. The Bertz CT molecular complexity index is 1090. The van der Waals surface area contributed by atoms with E-state index in [4.69, 9.17) is 14.2 Å². The molecule has 1 amide bonds. The van der Waals surface area contributed by atoms with Crippen molar-refractivity contribution >= 4 is 29.3 Å². The Morgan fingerprint density at radius 1 is 1.13 bits per heavy atom. The molecule has 1 N–H and O–H groups in total. The quantitative estimate of drug-likeness (QED) is 0.435. The number of amides is 1. The average molecular weight is 441 g/mol. The van der Waals surface area contributed by atoms with Gasteiger partial charge in [-0.2, -0.15) is 4.68 Å². The fraction of sp³-hybridized carbons (Fsp3) is 0.250. The molecule has 160 valence electrons. The minimum Gasteiger partial charge on any atom is -0.486 e. The first kappa shape index (κ1) is 20.7. The molecule has 0 unspecified atom stereocenters. The maximum Gasteiger partial charge on any atom is 0.338 e. The van der Waals surface area contributed by atoms with Crippen LogP contribution in [0.15, 0.2) is 47.6 Å². The van der Waals surface area contributed by atoms with Crippen LogP contribution in [-0.4, -0.2) is 57.7 Å². The van der Waals surface area contributed by atoms with Crippen LogP contribution in [0.3, 0.4) is 0 Å². The van der Waals surface area contributed by atoms with Gasteiger partial charge in [-0.15, -0.1) is 5.10 Å². The molecule has 1 aliphatic heterocycles. The number of carbonyl (C=O) groups is 2. The fourth-order valence-electron chi connectivity index (χ4n) is 2.83. The van der Waals surface area contributed by atoms with E-state index in [1.807, 2.05) is 6.07 Å². The van der Waals surface area contributed by atoms with Crippen molar-refractivity contribution in [2.45, 2.75) is 12.1 Å². The number of ether oxygens (including phenoxy) is 3. The first-order valence-corrected chi connectivity index (χ1v) is 10.5. The molecule has 0 radical (unpaired) electrons. The number of nitrogens with one attached hydrogen (secondary N) is 1. The number of thioether (sulfide) groups is 1. The highest BCUT2D eigenvalue weighted by atomic mass is 32.2. The zero-order chi connectivity index (χ0) is 21.6. The molecule has 0 spiro atoms. The van der Waals surface area contributed by atoms with E-state index in [1.54, 1.807) is 43.3 Å². The lowest BCUT2D eigenvalue weighted by Crippen LogP contribution is -2.16. The van der Waals surface area contributed by atoms with Gasteiger partial charge in [0.15, 0.2) is 11.5 Å². The normalized spacial score (nSPS) is 12.3. The van der Waals surface area contributed by atoms with E-state index >= 15 is 0 Å². The van der Waals surface area contributed by atoms with E-state index in [9.17, 15) is 9.59 Å². The molecule has 2 heterocycles. The summed E-state index contributed by atoms with van der Waals surface area (Å²) < 4.78 is 17.6. The number of anilines is 1. The molecule has 3 aromatic rings. The number of benzene rings is 2. The molecule has 0 saturated carbocycles. The van der Waals surface area contributed by atoms with E-state index < -0.39 is 5.97 Å². The largest absolute Gasteiger partial charge is 0.486 e. The van der Waals surface area contributed by atoms with Crippen LogP contribution in [0.4, 0.5) is 5.69 Å². The molecule has 1 aliphatic rings. The van der Waals surface area contributed by atoms with Gasteiger partial charge in [-0.3, -0.25) is 4.79 Å². The molecule has 0 fully saturated rings. The third kappa shape index (κ3) is 4.94. The van der Waals surface area contributed by atoms with Crippen molar-refractivity contribution in [3.63, 3.8) is 0 Å². The van der Waals surface area contributed by atoms with E-state index in [2.05, 4.69) is 20.8 Å². The summed E-state index contributed by atoms with van der Waals surface area (Å²) in [5.41, 5.74) is 1.70. The van der Waals surface area contributed by atoms with Crippen LogP contribution in [-0.2, 0) is 9.53 Å². The smallest absolute Gasteiger partial charge is 0.338 e. The summed E-state index contributed by atoms with van der Waals surface area (Å²) >= 11 is 1.20. The van der Waals surface area contributed by atoms with Crippen LogP contribution in [0.1, 0.15) is 17.3 Å². The molecule has 0 aliphatic carbocycles. The third-order valence-corrected chi connectivity index (χ3v) is 5.14. The number of nitrogens with zero attached hydrogens (tertiary/aromatic N) is 4. The molecule has 1 aromatic heterocycles. The van der Waals surface area contributed by atoms with Gasteiger partial charge in [0, 0.05) is 11.8 Å². The van der Waals surface area contributed by atoms with Gasteiger partial charge < -0.3 is 19.5 Å². The highest BCUT2D eigenvalue weighted by molar-refractivity contribution is 7.99. The Kier molecular flexibility index (Phi) is 6.32. The van der Waals surface area contributed by atoms with Crippen molar-refractivity contribution in [3.05, 3.63) is 48.0 Å². The maximum absolute atomic E-state index is 12.3. The highest BCUT2D eigenvalue weighted by Gasteiger charge is 2.16. The predicted molar refractivity (Wildman–Crippen MR) is 112 cm³/mol. The predicted octanol–water partition coefficient (Wildman–Crippen LogP) is 2.34. The lowest BCUT2D eigenvalue weighted by molar-refractivity contribution is -0.113. The van der Waals surface area contributed by atoms with Crippen molar-refractivity contribution in [2.75, 3.05) is 30.9 Å². The van der Waals surface area contributed by atoms with Crippen molar-refractivity contribution < 1.29 is 23.8 Å². The van der Waals surface area contributed by atoms with Crippen LogP contribution in [0, 0.1) is 0 Å². The number of rotatable bonds is 7. The number of esters is 1. The second kappa shape index (κ2) is 9.47. The second-order valence-corrected chi connectivity index (χ2v) is 7.28. The minimum atomic E-state index is -0.401. The number of aromatic nitrogens is 4. The van der Waals surface area contributed by atoms with Crippen molar-refractivity contribution in [1.82, 2.24) is 20.2 Å². The van der Waals surface area contributed by atoms with Gasteiger partial charge in [0.05, 0.1) is 23.6 Å². The third-order valence-electron chi connectivity index (χ3n) is 4.22. The van der Waals surface area contributed by atoms with Gasteiger partial charge >= 0.3 is 5.97 Å². The number of carbonyl (C=O) groups excluding carboxylic acids is 2. The molecular weight excluding hydrogens is 422 g/mol. The lowest BCUT2D eigenvalue weighted by atomic mass is 10.2. The standard InChI is InChI=1S/C20H19N5O5S/c1-2-28-19(27)13-3-5-14(6-4-13)21-18(26)12-31-20-22-23-24-25(20)15-7-8-16-17(11-15)30-10-9-29-16/h3-8,11H,2,9-10,12H2,1H3,(H,21,26). The Morgan fingerprint density at radius 2 is 1.90 bits per heavy atom. The molecule has 0 bridgehead atoms. The zero-order valence-corrected chi connectivity index (χ0v) is 17.4. The van der Waals surface area contributed by atoms with Gasteiger partial charge in [0.1, 0.15) is 13.2 Å². The van der Waals surface area contributed by atoms with E-state index in [1.165, 1.54) is 16.4 Å². The van der Waals surface area contributed by atoms with Crippen molar-refractivity contribution in [2.24, 2.45) is 0 Å².